The van der Waals surface area contributed by atoms with E-state index < -0.39 is 0 Å². The van der Waals surface area contributed by atoms with Gasteiger partial charge >= 0.3 is 0 Å². The van der Waals surface area contributed by atoms with Crippen molar-refractivity contribution in [1.29, 1.82) is 0 Å². The Balaban J connectivity index is 2.08. The SMILES string of the molecule is CCOc1cc(C=O)cc(Br)c1OCC(=O)Nc1ccc(C)c(Cl)c1. The third-order valence-electron chi connectivity index (χ3n) is 3.27. The predicted octanol–water partition coefficient (Wildman–Crippen LogP) is 4.64. The van der Waals surface area contributed by atoms with Gasteiger partial charge in [-0.25, -0.2) is 0 Å². The van der Waals surface area contributed by atoms with Gasteiger partial charge in [-0.05, 0) is 59.6 Å². The van der Waals surface area contributed by atoms with E-state index in [4.69, 9.17) is 21.1 Å². The van der Waals surface area contributed by atoms with Gasteiger partial charge in [-0.1, -0.05) is 17.7 Å². The molecule has 0 spiro atoms. The van der Waals surface area contributed by atoms with Crippen molar-refractivity contribution in [1.82, 2.24) is 0 Å². The number of carbonyl (C=O) groups is 2. The fraction of sp³-hybridized carbons (Fsp3) is 0.222. The maximum Gasteiger partial charge on any atom is 0.262 e. The summed E-state index contributed by atoms with van der Waals surface area (Å²) in [7, 11) is 0. The van der Waals surface area contributed by atoms with Crippen molar-refractivity contribution in [3.63, 3.8) is 0 Å². The van der Waals surface area contributed by atoms with Gasteiger partial charge in [0.25, 0.3) is 5.91 Å². The second-order valence-electron chi connectivity index (χ2n) is 5.18. The normalized spacial score (nSPS) is 10.2. The average molecular weight is 427 g/mol. The predicted molar refractivity (Wildman–Crippen MR) is 101 cm³/mol. The highest BCUT2D eigenvalue weighted by molar-refractivity contribution is 9.10. The Labute approximate surface area is 159 Å². The first kappa shape index (κ1) is 19.3. The summed E-state index contributed by atoms with van der Waals surface area (Å²) in [6.07, 6.45) is 0.713. The highest BCUT2D eigenvalue weighted by atomic mass is 79.9. The quantitative estimate of drug-likeness (QED) is 0.655. The van der Waals surface area contributed by atoms with Gasteiger partial charge < -0.3 is 14.8 Å². The number of aryl methyl sites for hydroxylation is 1. The zero-order chi connectivity index (χ0) is 18.4. The maximum absolute atomic E-state index is 12.1. The van der Waals surface area contributed by atoms with E-state index in [1.54, 1.807) is 24.3 Å². The molecule has 0 aliphatic heterocycles. The number of halogens is 2. The molecule has 25 heavy (non-hydrogen) atoms. The lowest BCUT2D eigenvalue weighted by molar-refractivity contribution is -0.118. The number of amides is 1. The van der Waals surface area contributed by atoms with Gasteiger partial charge in [0.05, 0.1) is 11.1 Å². The Kier molecular flexibility index (Phi) is 6.84. The Morgan fingerprint density at radius 1 is 1.28 bits per heavy atom. The zero-order valence-corrected chi connectivity index (χ0v) is 16.1. The number of benzene rings is 2. The first-order chi connectivity index (χ1) is 11.9. The average Bonchev–Trinajstić information content (AvgIpc) is 2.57. The van der Waals surface area contributed by atoms with Crippen LogP contribution in [0.3, 0.4) is 0 Å². The van der Waals surface area contributed by atoms with Crippen LogP contribution in [-0.2, 0) is 4.79 Å². The van der Waals surface area contributed by atoms with Crippen molar-refractivity contribution in [2.24, 2.45) is 0 Å². The Bertz CT molecular complexity index is 795. The van der Waals surface area contributed by atoms with Gasteiger partial charge in [-0.3, -0.25) is 9.59 Å². The molecule has 0 aliphatic carbocycles. The number of anilines is 1. The lowest BCUT2D eigenvalue weighted by Gasteiger charge is -2.14. The molecule has 2 aromatic rings. The van der Waals surface area contributed by atoms with Gasteiger partial charge in [-0.15, -0.1) is 0 Å². The van der Waals surface area contributed by atoms with Crippen LogP contribution in [0.2, 0.25) is 5.02 Å². The summed E-state index contributed by atoms with van der Waals surface area (Å²) in [5.41, 5.74) is 1.96. The summed E-state index contributed by atoms with van der Waals surface area (Å²) in [5, 5.41) is 3.29. The number of nitrogens with one attached hydrogen (secondary N) is 1. The summed E-state index contributed by atoms with van der Waals surface area (Å²) in [6.45, 7) is 3.88. The van der Waals surface area contributed by atoms with Crippen molar-refractivity contribution in [3.05, 3.63) is 51.0 Å². The van der Waals surface area contributed by atoms with E-state index in [-0.39, 0.29) is 12.5 Å². The molecule has 0 radical (unpaired) electrons. The molecule has 0 fully saturated rings. The van der Waals surface area contributed by atoms with E-state index in [0.29, 0.717) is 45.1 Å². The third kappa shape index (κ3) is 5.21. The summed E-state index contributed by atoms with van der Waals surface area (Å²) in [5.74, 6) is 0.420. The third-order valence-corrected chi connectivity index (χ3v) is 4.27. The van der Waals surface area contributed by atoms with Crippen LogP contribution in [0.5, 0.6) is 11.5 Å². The molecule has 1 N–H and O–H groups in total. The largest absolute Gasteiger partial charge is 0.490 e. The molecule has 0 heterocycles. The lowest BCUT2D eigenvalue weighted by atomic mass is 10.2. The van der Waals surface area contributed by atoms with Crippen molar-refractivity contribution < 1.29 is 19.1 Å². The van der Waals surface area contributed by atoms with Gasteiger partial charge in [0, 0.05) is 16.3 Å². The van der Waals surface area contributed by atoms with Crippen LogP contribution in [0.15, 0.2) is 34.8 Å². The molecule has 0 atom stereocenters. The van der Waals surface area contributed by atoms with E-state index >= 15 is 0 Å². The van der Waals surface area contributed by atoms with E-state index in [2.05, 4.69) is 21.2 Å². The van der Waals surface area contributed by atoms with Crippen LogP contribution < -0.4 is 14.8 Å². The molecule has 2 rings (SSSR count). The monoisotopic (exact) mass is 425 g/mol. The Morgan fingerprint density at radius 3 is 2.68 bits per heavy atom. The smallest absolute Gasteiger partial charge is 0.262 e. The zero-order valence-electron chi connectivity index (χ0n) is 13.8. The molecular formula is C18H17BrClNO4. The molecule has 2 aromatic carbocycles. The number of carbonyl (C=O) groups excluding carboxylic acids is 2. The van der Waals surface area contributed by atoms with Gasteiger partial charge in [-0.2, -0.15) is 0 Å². The molecular weight excluding hydrogens is 410 g/mol. The van der Waals surface area contributed by atoms with Gasteiger partial charge in [0.2, 0.25) is 0 Å². The lowest BCUT2D eigenvalue weighted by Crippen LogP contribution is -2.20. The Hall–Kier alpha value is -2.05. The van der Waals surface area contributed by atoms with E-state index in [0.717, 1.165) is 5.56 Å². The van der Waals surface area contributed by atoms with Crippen molar-refractivity contribution in [2.75, 3.05) is 18.5 Å². The molecule has 132 valence electrons. The van der Waals surface area contributed by atoms with Crippen LogP contribution >= 0.6 is 27.5 Å². The maximum atomic E-state index is 12.1. The van der Waals surface area contributed by atoms with Crippen LogP contribution in [-0.4, -0.2) is 25.4 Å². The molecule has 0 saturated heterocycles. The molecule has 7 heteroatoms. The molecule has 1 amide bonds. The second kappa shape index (κ2) is 8.87. The van der Waals surface area contributed by atoms with E-state index in [1.165, 1.54) is 0 Å². The fourth-order valence-electron chi connectivity index (χ4n) is 2.06. The van der Waals surface area contributed by atoms with Crippen LogP contribution in [0.1, 0.15) is 22.8 Å². The first-order valence-corrected chi connectivity index (χ1v) is 8.72. The summed E-state index contributed by atoms with van der Waals surface area (Å²) >= 11 is 9.37. The number of rotatable bonds is 7. The fourth-order valence-corrected chi connectivity index (χ4v) is 2.82. The minimum atomic E-state index is -0.339. The van der Waals surface area contributed by atoms with Gasteiger partial charge in [0.1, 0.15) is 6.29 Å². The molecule has 0 bridgehead atoms. The van der Waals surface area contributed by atoms with E-state index in [1.807, 2.05) is 19.9 Å². The van der Waals surface area contributed by atoms with Crippen LogP contribution in [0, 0.1) is 6.92 Å². The molecule has 5 nitrogen and oxygen atoms in total. The minimum Gasteiger partial charge on any atom is -0.490 e. The first-order valence-electron chi connectivity index (χ1n) is 7.55. The van der Waals surface area contributed by atoms with Crippen molar-refractivity contribution in [2.45, 2.75) is 13.8 Å². The van der Waals surface area contributed by atoms with Crippen molar-refractivity contribution in [3.8, 4) is 11.5 Å². The summed E-state index contributed by atoms with van der Waals surface area (Å²) in [6, 6.07) is 8.42. The number of aldehydes is 1. The number of hydrogen-bond donors (Lipinski definition) is 1. The van der Waals surface area contributed by atoms with Crippen molar-refractivity contribution >= 4 is 45.4 Å². The molecule has 0 unspecified atom stereocenters. The van der Waals surface area contributed by atoms with Crippen LogP contribution in [0.25, 0.3) is 0 Å². The number of ether oxygens (including phenoxy) is 2. The summed E-state index contributed by atoms with van der Waals surface area (Å²) in [4.78, 5) is 23.0. The van der Waals surface area contributed by atoms with Gasteiger partial charge in [0.15, 0.2) is 18.1 Å². The molecule has 0 aliphatic rings. The topological polar surface area (TPSA) is 64.6 Å². The van der Waals surface area contributed by atoms with Crippen LogP contribution in [0.4, 0.5) is 5.69 Å². The summed E-state index contributed by atoms with van der Waals surface area (Å²) < 4.78 is 11.6. The molecule has 0 aromatic heterocycles. The standard InChI is InChI=1S/C18H17BrClNO4/c1-3-24-16-7-12(9-22)6-14(19)18(16)25-10-17(23)21-13-5-4-11(2)15(20)8-13/h4-9H,3,10H2,1-2H3,(H,21,23). The highest BCUT2D eigenvalue weighted by Crippen LogP contribution is 2.36. The minimum absolute atomic E-state index is 0.218. The highest BCUT2D eigenvalue weighted by Gasteiger charge is 2.14. The number of hydrogen-bond acceptors (Lipinski definition) is 4. The molecule has 0 saturated carbocycles. The van der Waals surface area contributed by atoms with E-state index in [9.17, 15) is 9.59 Å². The second-order valence-corrected chi connectivity index (χ2v) is 6.44. The Morgan fingerprint density at radius 2 is 2.04 bits per heavy atom.